The highest BCUT2D eigenvalue weighted by molar-refractivity contribution is 5.53. The van der Waals surface area contributed by atoms with E-state index in [-0.39, 0.29) is 18.6 Å². The monoisotopic (exact) mass is 340 g/mol. The summed E-state index contributed by atoms with van der Waals surface area (Å²) in [5.41, 5.74) is 2.79. The molecule has 134 valence electrons. The summed E-state index contributed by atoms with van der Waals surface area (Å²) in [6, 6.07) is 11.0. The van der Waals surface area contributed by atoms with Gasteiger partial charge in [0.05, 0.1) is 6.61 Å². The molecule has 1 aliphatic rings. The van der Waals surface area contributed by atoms with E-state index < -0.39 is 0 Å². The smallest absolute Gasteiger partial charge is 0.135 e. The van der Waals surface area contributed by atoms with Gasteiger partial charge in [0, 0.05) is 30.6 Å². The van der Waals surface area contributed by atoms with Gasteiger partial charge in [-0.1, -0.05) is 38.1 Å². The Morgan fingerprint density at radius 2 is 1.92 bits per heavy atom. The van der Waals surface area contributed by atoms with Crippen LogP contribution in [0, 0.1) is 0 Å². The van der Waals surface area contributed by atoms with E-state index in [0.29, 0.717) is 6.04 Å². The highest BCUT2D eigenvalue weighted by atomic mass is 16.3. The van der Waals surface area contributed by atoms with Crippen LogP contribution < -0.4 is 10.2 Å². The summed E-state index contributed by atoms with van der Waals surface area (Å²) in [4.78, 5) is 11.8. The number of fused-ring (bicyclic) bond motifs is 1. The van der Waals surface area contributed by atoms with Gasteiger partial charge < -0.3 is 15.3 Å². The second-order valence-corrected chi connectivity index (χ2v) is 7.30. The quantitative estimate of drug-likeness (QED) is 0.874. The maximum atomic E-state index is 9.33. The van der Waals surface area contributed by atoms with Crippen molar-refractivity contribution in [2.75, 3.05) is 16.8 Å². The first-order valence-electron chi connectivity index (χ1n) is 9.07. The zero-order valence-corrected chi connectivity index (χ0v) is 15.5. The molecule has 3 rings (SSSR count). The second kappa shape index (κ2) is 7.40. The summed E-state index contributed by atoms with van der Waals surface area (Å²) < 4.78 is 0. The van der Waals surface area contributed by atoms with Crippen molar-refractivity contribution in [3.8, 4) is 0 Å². The molecule has 0 fully saturated rings. The molecule has 1 aromatic heterocycles. The van der Waals surface area contributed by atoms with Gasteiger partial charge in [0.1, 0.15) is 17.5 Å². The summed E-state index contributed by atoms with van der Waals surface area (Å²) >= 11 is 0. The zero-order valence-electron chi connectivity index (χ0n) is 15.5. The van der Waals surface area contributed by atoms with E-state index in [1.54, 1.807) is 0 Å². The molecular formula is C20H28N4O. The van der Waals surface area contributed by atoms with Gasteiger partial charge in [0.25, 0.3) is 0 Å². The van der Waals surface area contributed by atoms with Crippen molar-refractivity contribution in [1.29, 1.82) is 0 Å². The van der Waals surface area contributed by atoms with Crippen LogP contribution in [-0.4, -0.2) is 33.8 Å². The Kier molecular flexibility index (Phi) is 5.23. The molecule has 0 amide bonds. The Morgan fingerprint density at radius 1 is 1.20 bits per heavy atom. The Hall–Kier alpha value is -2.14. The molecule has 0 saturated heterocycles. The average molecular weight is 340 g/mol. The highest BCUT2D eigenvalue weighted by Crippen LogP contribution is 2.29. The molecule has 2 heterocycles. The van der Waals surface area contributed by atoms with E-state index in [4.69, 9.17) is 4.98 Å². The normalized spacial score (nSPS) is 18.2. The number of hydrogen-bond donors (Lipinski definition) is 2. The molecule has 2 aromatic rings. The fraction of sp³-hybridized carbons (Fsp3) is 0.500. The van der Waals surface area contributed by atoms with Crippen LogP contribution in [-0.2, 0) is 13.0 Å². The van der Waals surface area contributed by atoms with Crippen LogP contribution in [0.4, 0.5) is 11.6 Å². The maximum absolute atomic E-state index is 9.33. The van der Waals surface area contributed by atoms with Crippen molar-refractivity contribution in [3.63, 3.8) is 0 Å². The first-order chi connectivity index (χ1) is 12.0. The molecule has 1 aliphatic heterocycles. The number of aliphatic hydroxyl groups is 1. The van der Waals surface area contributed by atoms with Crippen molar-refractivity contribution in [2.45, 2.75) is 58.7 Å². The van der Waals surface area contributed by atoms with Crippen LogP contribution in [0.25, 0.3) is 0 Å². The van der Waals surface area contributed by atoms with Gasteiger partial charge in [-0.05, 0) is 31.4 Å². The molecule has 0 aliphatic carbocycles. The average Bonchev–Trinajstić information content (AvgIpc) is 2.60. The Morgan fingerprint density at radius 3 is 2.60 bits per heavy atom. The second-order valence-electron chi connectivity index (χ2n) is 7.30. The van der Waals surface area contributed by atoms with E-state index in [1.165, 1.54) is 11.1 Å². The van der Waals surface area contributed by atoms with Crippen LogP contribution in [0.15, 0.2) is 30.3 Å². The third-order valence-electron chi connectivity index (χ3n) is 4.72. The molecular weight excluding hydrogens is 312 g/mol. The summed E-state index contributed by atoms with van der Waals surface area (Å²) in [6.07, 6.45) is 1.02. The lowest BCUT2D eigenvalue weighted by atomic mass is 9.95. The zero-order chi connectivity index (χ0) is 18.0. The highest BCUT2D eigenvalue weighted by Gasteiger charge is 2.25. The molecule has 25 heavy (non-hydrogen) atoms. The minimum absolute atomic E-state index is 0.0396. The lowest BCUT2D eigenvalue weighted by Crippen LogP contribution is -2.39. The number of aliphatic hydroxyl groups excluding tert-OH is 1. The first-order valence-corrected chi connectivity index (χ1v) is 9.07. The molecule has 0 unspecified atom stereocenters. The Labute approximate surface area is 150 Å². The van der Waals surface area contributed by atoms with E-state index in [1.807, 2.05) is 13.0 Å². The van der Waals surface area contributed by atoms with Gasteiger partial charge in [0.15, 0.2) is 0 Å². The standard InChI is InChI=1S/C20H28N4O/c1-13(2)20-22-18(21-14(3)12-25)10-19(23-20)24-11-17-8-6-5-7-16(17)9-15(24)4/h5-8,10,13-15,25H,9,11-12H2,1-4H3,(H,21,22,23)/t14-,15+/m0/s1. The molecule has 2 atom stereocenters. The van der Waals surface area contributed by atoms with Crippen molar-refractivity contribution < 1.29 is 5.11 Å². The Bertz CT molecular complexity index is 731. The van der Waals surface area contributed by atoms with Crippen molar-refractivity contribution in [2.24, 2.45) is 0 Å². The lowest BCUT2D eigenvalue weighted by molar-refractivity contribution is 0.281. The lowest BCUT2D eigenvalue weighted by Gasteiger charge is -2.36. The van der Waals surface area contributed by atoms with E-state index in [9.17, 15) is 5.11 Å². The molecule has 0 saturated carbocycles. The Balaban J connectivity index is 1.95. The van der Waals surface area contributed by atoms with Crippen molar-refractivity contribution in [3.05, 3.63) is 47.3 Å². The van der Waals surface area contributed by atoms with E-state index in [0.717, 1.165) is 30.4 Å². The van der Waals surface area contributed by atoms with Crippen LogP contribution in [0.3, 0.4) is 0 Å². The molecule has 0 spiro atoms. The van der Waals surface area contributed by atoms with Crippen molar-refractivity contribution >= 4 is 11.6 Å². The third-order valence-corrected chi connectivity index (χ3v) is 4.72. The predicted octanol–water partition coefficient (Wildman–Crippen LogP) is 3.34. The van der Waals surface area contributed by atoms with Gasteiger partial charge in [-0.2, -0.15) is 0 Å². The molecule has 5 nitrogen and oxygen atoms in total. The number of aromatic nitrogens is 2. The molecule has 0 bridgehead atoms. The van der Waals surface area contributed by atoms with E-state index in [2.05, 4.69) is 60.2 Å². The van der Waals surface area contributed by atoms with Gasteiger partial charge >= 0.3 is 0 Å². The van der Waals surface area contributed by atoms with Gasteiger partial charge in [-0.3, -0.25) is 0 Å². The fourth-order valence-electron chi connectivity index (χ4n) is 3.22. The number of rotatable bonds is 5. The number of nitrogens with one attached hydrogen (secondary N) is 1. The summed E-state index contributed by atoms with van der Waals surface area (Å²) in [6.45, 7) is 9.33. The van der Waals surface area contributed by atoms with Crippen LogP contribution in [0.1, 0.15) is 50.6 Å². The van der Waals surface area contributed by atoms with Crippen molar-refractivity contribution in [1.82, 2.24) is 9.97 Å². The number of nitrogens with zero attached hydrogens (tertiary/aromatic N) is 3. The van der Waals surface area contributed by atoms with E-state index >= 15 is 0 Å². The first kappa shape index (κ1) is 17.7. The van der Waals surface area contributed by atoms with Crippen LogP contribution in [0.5, 0.6) is 0 Å². The third kappa shape index (κ3) is 3.93. The number of benzene rings is 1. The minimum atomic E-state index is -0.0396. The van der Waals surface area contributed by atoms with Gasteiger partial charge in [-0.25, -0.2) is 9.97 Å². The molecule has 1 aromatic carbocycles. The SMILES string of the molecule is CC(C)c1nc(N[C@@H](C)CO)cc(N2Cc3ccccc3C[C@H]2C)n1. The van der Waals surface area contributed by atoms with Crippen LogP contribution >= 0.6 is 0 Å². The summed E-state index contributed by atoms with van der Waals surface area (Å²) in [5.74, 6) is 2.81. The fourth-order valence-corrected chi connectivity index (χ4v) is 3.22. The van der Waals surface area contributed by atoms with Crippen LogP contribution in [0.2, 0.25) is 0 Å². The molecule has 5 heteroatoms. The number of hydrogen-bond acceptors (Lipinski definition) is 5. The topological polar surface area (TPSA) is 61.3 Å². The molecule has 2 N–H and O–H groups in total. The minimum Gasteiger partial charge on any atom is -0.394 e. The molecule has 0 radical (unpaired) electrons. The largest absolute Gasteiger partial charge is 0.394 e. The number of anilines is 2. The van der Waals surface area contributed by atoms with Gasteiger partial charge in [-0.15, -0.1) is 0 Å². The maximum Gasteiger partial charge on any atom is 0.135 e. The summed E-state index contributed by atoms with van der Waals surface area (Å²) in [5, 5.41) is 12.6. The predicted molar refractivity (Wildman–Crippen MR) is 102 cm³/mol. The summed E-state index contributed by atoms with van der Waals surface area (Å²) in [7, 11) is 0. The van der Waals surface area contributed by atoms with Gasteiger partial charge in [0.2, 0.25) is 0 Å².